The number of phenols is 2. The van der Waals surface area contributed by atoms with Crippen LogP contribution in [0, 0.1) is 6.92 Å². The van der Waals surface area contributed by atoms with E-state index >= 15 is 0 Å². The molecule has 0 heterocycles. The first-order chi connectivity index (χ1) is 12.4. The van der Waals surface area contributed by atoms with Gasteiger partial charge in [-0.3, -0.25) is 4.79 Å². The van der Waals surface area contributed by atoms with Gasteiger partial charge in [0.05, 0.1) is 6.21 Å². The van der Waals surface area contributed by atoms with E-state index in [4.69, 9.17) is 4.74 Å². The summed E-state index contributed by atoms with van der Waals surface area (Å²) in [6.45, 7) is 5.85. The molecule has 0 fully saturated rings. The fourth-order valence-corrected chi connectivity index (χ4v) is 2.41. The molecular formula is C20H24N2O4. The van der Waals surface area contributed by atoms with Gasteiger partial charge in [-0.05, 0) is 48.6 Å². The second-order valence-electron chi connectivity index (χ2n) is 6.16. The number of aryl methyl sites for hydroxylation is 1. The van der Waals surface area contributed by atoms with E-state index in [1.807, 2.05) is 24.3 Å². The van der Waals surface area contributed by atoms with Crippen molar-refractivity contribution in [2.24, 2.45) is 5.10 Å². The zero-order chi connectivity index (χ0) is 19.1. The number of amides is 1. The minimum absolute atomic E-state index is 0.0334. The number of hydrazone groups is 1. The smallest absolute Gasteiger partial charge is 0.277 e. The number of benzene rings is 2. The normalized spacial score (nSPS) is 12.1. The first-order valence-corrected chi connectivity index (χ1v) is 8.48. The van der Waals surface area contributed by atoms with Gasteiger partial charge in [-0.1, -0.05) is 26.0 Å². The number of carbonyl (C=O) groups excluding carboxylic acids is 1. The molecule has 2 aromatic rings. The molecule has 0 spiro atoms. The van der Waals surface area contributed by atoms with E-state index in [1.54, 1.807) is 6.92 Å². The van der Waals surface area contributed by atoms with Gasteiger partial charge in [0.2, 0.25) is 0 Å². The summed E-state index contributed by atoms with van der Waals surface area (Å²) in [5.41, 5.74) is 4.63. The molecule has 0 aliphatic rings. The Balaban J connectivity index is 1.86. The predicted molar refractivity (Wildman–Crippen MR) is 101 cm³/mol. The molecule has 0 saturated carbocycles. The van der Waals surface area contributed by atoms with Gasteiger partial charge in [-0.2, -0.15) is 5.10 Å². The van der Waals surface area contributed by atoms with Crippen molar-refractivity contribution >= 4 is 12.1 Å². The SMILES string of the molecule is CC[C@@H](C)c1ccc(OCC(=O)N/N=C/c2c(C)cc(O)cc2O)cc1. The van der Waals surface area contributed by atoms with Crippen LogP contribution in [0.1, 0.15) is 42.9 Å². The standard InChI is InChI=1S/C20H24N2O4/c1-4-13(2)15-5-7-17(8-6-15)26-12-20(25)22-21-11-18-14(3)9-16(23)10-19(18)24/h5-11,13,23-24H,4,12H2,1-3H3,(H,22,25)/b21-11+/t13-/m1/s1. The highest BCUT2D eigenvalue weighted by molar-refractivity contribution is 5.87. The summed E-state index contributed by atoms with van der Waals surface area (Å²) in [6, 6.07) is 10.4. The molecule has 6 nitrogen and oxygen atoms in total. The van der Waals surface area contributed by atoms with Gasteiger partial charge in [-0.15, -0.1) is 0 Å². The summed E-state index contributed by atoms with van der Waals surface area (Å²) >= 11 is 0. The van der Waals surface area contributed by atoms with Crippen molar-refractivity contribution in [3.8, 4) is 17.2 Å². The molecule has 0 radical (unpaired) electrons. The number of carbonyl (C=O) groups is 1. The summed E-state index contributed by atoms with van der Waals surface area (Å²) in [5.74, 6) is 0.542. The molecule has 0 unspecified atom stereocenters. The lowest BCUT2D eigenvalue weighted by Gasteiger charge is -2.10. The Labute approximate surface area is 153 Å². The van der Waals surface area contributed by atoms with Crippen molar-refractivity contribution in [1.82, 2.24) is 5.43 Å². The van der Waals surface area contributed by atoms with Crippen molar-refractivity contribution in [2.45, 2.75) is 33.1 Å². The van der Waals surface area contributed by atoms with Crippen molar-refractivity contribution in [3.63, 3.8) is 0 Å². The second-order valence-corrected chi connectivity index (χ2v) is 6.16. The van der Waals surface area contributed by atoms with Crippen LogP contribution in [0.5, 0.6) is 17.2 Å². The Morgan fingerprint density at radius 1 is 1.27 bits per heavy atom. The molecule has 2 aromatic carbocycles. The number of ether oxygens (including phenoxy) is 1. The van der Waals surface area contributed by atoms with Crippen LogP contribution in [0.4, 0.5) is 0 Å². The molecule has 6 heteroatoms. The zero-order valence-corrected chi connectivity index (χ0v) is 15.2. The average Bonchev–Trinajstić information content (AvgIpc) is 2.62. The summed E-state index contributed by atoms with van der Waals surface area (Å²) < 4.78 is 5.43. The zero-order valence-electron chi connectivity index (χ0n) is 15.2. The highest BCUT2D eigenvalue weighted by Gasteiger charge is 2.06. The van der Waals surface area contributed by atoms with E-state index in [-0.39, 0.29) is 18.1 Å². The summed E-state index contributed by atoms with van der Waals surface area (Å²) in [4.78, 5) is 11.8. The first kappa shape index (κ1) is 19.3. The topological polar surface area (TPSA) is 91.2 Å². The van der Waals surface area contributed by atoms with Gasteiger partial charge in [0, 0.05) is 11.6 Å². The third-order valence-corrected chi connectivity index (χ3v) is 4.16. The maximum atomic E-state index is 11.8. The highest BCUT2D eigenvalue weighted by atomic mass is 16.5. The number of nitrogens with zero attached hydrogens (tertiary/aromatic N) is 1. The first-order valence-electron chi connectivity index (χ1n) is 8.48. The lowest BCUT2D eigenvalue weighted by atomic mass is 9.99. The molecule has 0 aromatic heterocycles. The Kier molecular flexibility index (Phi) is 6.60. The van der Waals surface area contributed by atoms with Gasteiger partial charge in [0.25, 0.3) is 5.91 Å². The molecular weight excluding hydrogens is 332 g/mol. The van der Waals surface area contributed by atoms with E-state index in [2.05, 4.69) is 24.4 Å². The fourth-order valence-electron chi connectivity index (χ4n) is 2.41. The lowest BCUT2D eigenvalue weighted by molar-refractivity contribution is -0.123. The molecule has 0 aliphatic heterocycles. The van der Waals surface area contributed by atoms with E-state index in [1.165, 1.54) is 23.9 Å². The van der Waals surface area contributed by atoms with Crippen molar-refractivity contribution in [3.05, 3.63) is 53.1 Å². The molecule has 26 heavy (non-hydrogen) atoms. The maximum Gasteiger partial charge on any atom is 0.277 e. The summed E-state index contributed by atoms with van der Waals surface area (Å²) in [7, 11) is 0. The van der Waals surface area contributed by atoms with Gasteiger partial charge in [0.1, 0.15) is 17.2 Å². The fraction of sp³-hybridized carbons (Fsp3) is 0.300. The largest absolute Gasteiger partial charge is 0.508 e. The molecule has 3 N–H and O–H groups in total. The minimum atomic E-state index is -0.414. The van der Waals surface area contributed by atoms with Gasteiger partial charge in [-0.25, -0.2) is 5.43 Å². The molecule has 0 saturated heterocycles. The highest BCUT2D eigenvalue weighted by Crippen LogP contribution is 2.25. The Bertz CT molecular complexity index is 762. The van der Waals surface area contributed by atoms with Crippen LogP contribution < -0.4 is 10.2 Å². The van der Waals surface area contributed by atoms with E-state index in [0.717, 1.165) is 6.42 Å². The third kappa shape index (κ3) is 5.24. The van der Waals surface area contributed by atoms with Crippen LogP contribution in [0.3, 0.4) is 0 Å². The van der Waals surface area contributed by atoms with Gasteiger partial charge >= 0.3 is 0 Å². The van der Waals surface area contributed by atoms with Crippen LogP contribution in [0.25, 0.3) is 0 Å². The second kappa shape index (κ2) is 8.89. The number of phenolic OH excluding ortho intramolecular Hbond substituents is 2. The van der Waals surface area contributed by atoms with Crippen LogP contribution in [-0.2, 0) is 4.79 Å². The summed E-state index contributed by atoms with van der Waals surface area (Å²) in [6.07, 6.45) is 2.39. The van der Waals surface area contributed by atoms with Gasteiger partial charge < -0.3 is 14.9 Å². The minimum Gasteiger partial charge on any atom is -0.508 e. The molecule has 138 valence electrons. The quantitative estimate of drug-likeness (QED) is 0.523. The monoisotopic (exact) mass is 356 g/mol. The van der Waals surface area contributed by atoms with Crippen LogP contribution in [-0.4, -0.2) is 28.9 Å². The van der Waals surface area contributed by atoms with Crippen LogP contribution in [0.2, 0.25) is 0 Å². The third-order valence-electron chi connectivity index (χ3n) is 4.16. The van der Waals surface area contributed by atoms with Crippen LogP contribution >= 0.6 is 0 Å². The lowest BCUT2D eigenvalue weighted by Crippen LogP contribution is -2.24. The summed E-state index contributed by atoms with van der Waals surface area (Å²) in [5, 5.41) is 23.0. The van der Waals surface area contributed by atoms with E-state index in [9.17, 15) is 15.0 Å². The molecule has 0 aliphatic carbocycles. The Hall–Kier alpha value is -3.02. The predicted octanol–water partition coefficient (Wildman–Crippen LogP) is 3.45. The van der Waals surface area contributed by atoms with E-state index in [0.29, 0.717) is 22.8 Å². The molecule has 1 atom stereocenters. The molecule has 2 rings (SSSR count). The maximum absolute atomic E-state index is 11.8. The number of aromatic hydroxyl groups is 2. The number of hydrogen-bond donors (Lipinski definition) is 3. The molecule has 1 amide bonds. The Morgan fingerprint density at radius 2 is 1.96 bits per heavy atom. The number of rotatable bonds is 7. The average molecular weight is 356 g/mol. The van der Waals surface area contributed by atoms with Crippen molar-refractivity contribution in [2.75, 3.05) is 6.61 Å². The van der Waals surface area contributed by atoms with Crippen molar-refractivity contribution < 1.29 is 19.7 Å². The molecule has 0 bridgehead atoms. The number of hydrogen-bond acceptors (Lipinski definition) is 5. The van der Waals surface area contributed by atoms with Crippen molar-refractivity contribution in [1.29, 1.82) is 0 Å². The Morgan fingerprint density at radius 3 is 2.58 bits per heavy atom. The van der Waals surface area contributed by atoms with Crippen LogP contribution in [0.15, 0.2) is 41.5 Å². The van der Waals surface area contributed by atoms with E-state index < -0.39 is 5.91 Å². The van der Waals surface area contributed by atoms with Gasteiger partial charge in [0.15, 0.2) is 6.61 Å². The number of nitrogens with one attached hydrogen (secondary N) is 1.